The van der Waals surface area contributed by atoms with Gasteiger partial charge in [0.1, 0.15) is 5.82 Å². The van der Waals surface area contributed by atoms with Crippen LogP contribution in [0.3, 0.4) is 0 Å². The fraction of sp³-hybridized carbons (Fsp3) is 0.615. The van der Waals surface area contributed by atoms with Crippen molar-refractivity contribution >= 4 is 21.7 Å². The van der Waals surface area contributed by atoms with Crippen LogP contribution in [0.2, 0.25) is 0 Å². The summed E-state index contributed by atoms with van der Waals surface area (Å²) in [6.07, 6.45) is 2.31. The molecule has 1 aliphatic heterocycles. The Bertz CT molecular complexity index is 398. The molecular weight excluding hydrogens is 278 g/mol. The molecule has 0 aromatic carbocycles. The molecule has 0 unspecified atom stereocenters. The first kappa shape index (κ1) is 12.8. The number of aromatic nitrogens is 1. The Morgan fingerprint density at radius 1 is 1.41 bits per heavy atom. The molecule has 0 aliphatic carbocycles. The summed E-state index contributed by atoms with van der Waals surface area (Å²) < 4.78 is 1.07. The van der Waals surface area contributed by atoms with E-state index in [0.717, 1.165) is 48.5 Å². The number of anilines is 1. The number of hydrogen-bond acceptors (Lipinski definition) is 3. The highest BCUT2D eigenvalue weighted by atomic mass is 79.9. The van der Waals surface area contributed by atoms with E-state index in [1.54, 1.807) is 0 Å². The Hall–Kier alpha value is -0.610. The fourth-order valence-electron chi connectivity index (χ4n) is 2.19. The molecule has 2 heterocycles. The molecule has 1 aromatic heterocycles. The summed E-state index contributed by atoms with van der Waals surface area (Å²) in [5.74, 6) is 1.09. The molecule has 3 nitrogen and oxygen atoms in total. The average molecular weight is 298 g/mol. The Morgan fingerprint density at radius 3 is 2.59 bits per heavy atom. The van der Waals surface area contributed by atoms with Crippen LogP contribution in [0.1, 0.15) is 25.5 Å². The van der Waals surface area contributed by atoms with Crippen LogP contribution in [-0.2, 0) is 0 Å². The van der Waals surface area contributed by atoms with Crippen molar-refractivity contribution in [1.82, 2.24) is 4.98 Å². The van der Waals surface area contributed by atoms with Gasteiger partial charge >= 0.3 is 0 Å². The van der Waals surface area contributed by atoms with E-state index in [0.29, 0.717) is 5.41 Å². The molecule has 1 aromatic rings. The third kappa shape index (κ3) is 2.80. The maximum Gasteiger partial charge on any atom is 0.128 e. The molecule has 0 saturated carbocycles. The van der Waals surface area contributed by atoms with Gasteiger partial charge in [-0.05, 0) is 59.8 Å². The Labute approximate surface area is 112 Å². The number of pyridine rings is 1. The zero-order chi connectivity index (χ0) is 12.5. The van der Waals surface area contributed by atoms with Crippen LogP contribution in [-0.4, -0.2) is 24.6 Å². The molecular formula is C13H20BrN3. The summed E-state index contributed by atoms with van der Waals surface area (Å²) in [4.78, 5) is 6.98. The smallest absolute Gasteiger partial charge is 0.128 e. The molecule has 0 atom stereocenters. The molecule has 1 saturated heterocycles. The predicted octanol–water partition coefficient (Wildman–Crippen LogP) is 2.72. The average Bonchev–Trinajstić information content (AvgIpc) is 2.34. The standard InChI is InChI=1S/C13H20BrN3/c1-10-11(14)3-4-12(16-10)17-7-5-13(2,9-15)6-8-17/h3-4H,5-9,15H2,1-2H3. The molecule has 2 N–H and O–H groups in total. The van der Waals surface area contributed by atoms with Gasteiger partial charge in [0.15, 0.2) is 0 Å². The minimum atomic E-state index is 0.320. The largest absolute Gasteiger partial charge is 0.357 e. The van der Waals surface area contributed by atoms with Gasteiger partial charge in [0.25, 0.3) is 0 Å². The van der Waals surface area contributed by atoms with Crippen molar-refractivity contribution in [3.8, 4) is 0 Å². The maximum atomic E-state index is 5.83. The highest BCUT2D eigenvalue weighted by molar-refractivity contribution is 9.10. The lowest BCUT2D eigenvalue weighted by Gasteiger charge is -2.39. The van der Waals surface area contributed by atoms with Gasteiger partial charge in [-0.2, -0.15) is 0 Å². The number of halogens is 1. The number of rotatable bonds is 2. The van der Waals surface area contributed by atoms with Crippen molar-refractivity contribution in [3.63, 3.8) is 0 Å². The normalized spacial score (nSPS) is 19.4. The molecule has 0 bridgehead atoms. The summed E-state index contributed by atoms with van der Waals surface area (Å²) >= 11 is 3.49. The van der Waals surface area contributed by atoms with Crippen molar-refractivity contribution in [1.29, 1.82) is 0 Å². The summed E-state index contributed by atoms with van der Waals surface area (Å²) in [5.41, 5.74) is 7.20. The summed E-state index contributed by atoms with van der Waals surface area (Å²) in [7, 11) is 0. The molecule has 17 heavy (non-hydrogen) atoms. The molecule has 4 heteroatoms. The van der Waals surface area contributed by atoms with E-state index in [1.165, 1.54) is 0 Å². The van der Waals surface area contributed by atoms with E-state index >= 15 is 0 Å². The van der Waals surface area contributed by atoms with Crippen molar-refractivity contribution in [2.45, 2.75) is 26.7 Å². The number of nitrogens with two attached hydrogens (primary N) is 1. The first-order valence-electron chi connectivity index (χ1n) is 6.12. The zero-order valence-electron chi connectivity index (χ0n) is 10.5. The maximum absolute atomic E-state index is 5.83. The lowest BCUT2D eigenvalue weighted by atomic mass is 9.80. The minimum Gasteiger partial charge on any atom is -0.357 e. The molecule has 0 radical (unpaired) electrons. The van der Waals surface area contributed by atoms with Crippen LogP contribution in [0.15, 0.2) is 16.6 Å². The quantitative estimate of drug-likeness (QED) is 0.913. The fourth-order valence-corrected chi connectivity index (χ4v) is 2.41. The summed E-state index contributed by atoms with van der Waals surface area (Å²) in [6.45, 7) is 7.21. The lowest BCUT2D eigenvalue weighted by Crippen LogP contribution is -2.42. The molecule has 0 amide bonds. The van der Waals surface area contributed by atoms with E-state index in [1.807, 2.05) is 6.92 Å². The second-order valence-corrected chi connectivity index (χ2v) is 6.09. The summed E-state index contributed by atoms with van der Waals surface area (Å²) in [5, 5.41) is 0. The van der Waals surface area contributed by atoms with Gasteiger partial charge in [-0.3, -0.25) is 0 Å². The predicted molar refractivity (Wildman–Crippen MR) is 75.3 cm³/mol. The third-order valence-corrected chi connectivity index (χ3v) is 4.63. The van der Waals surface area contributed by atoms with Crippen molar-refractivity contribution in [2.24, 2.45) is 11.1 Å². The van der Waals surface area contributed by atoms with Crippen LogP contribution in [0.4, 0.5) is 5.82 Å². The molecule has 0 spiro atoms. The second kappa shape index (κ2) is 4.94. The van der Waals surface area contributed by atoms with Gasteiger partial charge in [0.05, 0.1) is 5.69 Å². The van der Waals surface area contributed by atoms with Gasteiger partial charge in [0.2, 0.25) is 0 Å². The van der Waals surface area contributed by atoms with Crippen molar-refractivity contribution in [3.05, 3.63) is 22.3 Å². The zero-order valence-corrected chi connectivity index (χ0v) is 12.1. The van der Waals surface area contributed by atoms with E-state index in [2.05, 4.69) is 44.9 Å². The molecule has 1 aliphatic rings. The first-order chi connectivity index (χ1) is 8.04. The Kier molecular flexibility index (Phi) is 3.73. The number of nitrogens with zero attached hydrogens (tertiary/aromatic N) is 2. The van der Waals surface area contributed by atoms with E-state index in [4.69, 9.17) is 5.73 Å². The number of piperidine rings is 1. The van der Waals surface area contributed by atoms with Crippen LogP contribution in [0, 0.1) is 12.3 Å². The van der Waals surface area contributed by atoms with E-state index in [9.17, 15) is 0 Å². The molecule has 94 valence electrons. The highest BCUT2D eigenvalue weighted by Crippen LogP contribution is 2.31. The Morgan fingerprint density at radius 2 is 2.06 bits per heavy atom. The highest BCUT2D eigenvalue weighted by Gasteiger charge is 2.29. The van der Waals surface area contributed by atoms with Crippen LogP contribution in [0.25, 0.3) is 0 Å². The van der Waals surface area contributed by atoms with Gasteiger partial charge in [-0.1, -0.05) is 6.92 Å². The lowest BCUT2D eigenvalue weighted by molar-refractivity contribution is 0.258. The third-order valence-electron chi connectivity index (χ3n) is 3.79. The number of hydrogen-bond donors (Lipinski definition) is 1. The monoisotopic (exact) mass is 297 g/mol. The van der Waals surface area contributed by atoms with Crippen LogP contribution in [0.5, 0.6) is 0 Å². The SMILES string of the molecule is Cc1nc(N2CCC(C)(CN)CC2)ccc1Br. The van der Waals surface area contributed by atoms with E-state index in [-0.39, 0.29) is 0 Å². The number of aryl methyl sites for hydroxylation is 1. The molecule has 2 rings (SSSR count). The second-order valence-electron chi connectivity index (χ2n) is 5.24. The topological polar surface area (TPSA) is 42.2 Å². The minimum absolute atomic E-state index is 0.320. The van der Waals surface area contributed by atoms with E-state index < -0.39 is 0 Å². The van der Waals surface area contributed by atoms with Crippen LogP contribution < -0.4 is 10.6 Å². The van der Waals surface area contributed by atoms with Gasteiger partial charge in [0, 0.05) is 17.6 Å². The Balaban J connectivity index is 2.08. The van der Waals surface area contributed by atoms with Gasteiger partial charge in [-0.15, -0.1) is 0 Å². The first-order valence-corrected chi connectivity index (χ1v) is 6.91. The van der Waals surface area contributed by atoms with Gasteiger partial charge in [-0.25, -0.2) is 4.98 Å². The summed E-state index contributed by atoms with van der Waals surface area (Å²) in [6, 6.07) is 4.16. The van der Waals surface area contributed by atoms with Crippen molar-refractivity contribution < 1.29 is 0 Å². The van der Waals surface area contributed by atoms with Crippen LogP contribution >= 0.6 is 15.9 Å². The molecule has 1 fully saturated rings. The van der Waals surface area contributed by atoms with Crippen molar-refractivity contribution in [2.75, 3.05) is 24.5 Å². The van der Waals surface area contributed by atoms with Gasteiger partial charge < -0.3 is 10.6 Å².